The molecule has 60 heavy (non-hydrogen) atoms. The number of unbranched alkanes of at least 4 members (excludes halogenated alkanes) is 18. The van der Waals surface area contributed by atoms with Crippen molar-refractivity contribution in [3.63, 3.8) is 0 Å². The fourth-order valence-electron chi connectivity index (χ4n) is 9.10. The highest BCUT2D eigenvalue weighted by Gasteiger charge is 2.37. The molecule has 9 nitrogen and oxygen atoms in total. The first-order valence-corrected chi connectivity index (χ1v) is 24.1. The van der Waals surface area contributed by atoms with Gasteiger partial charge in [-0.05, 0) is 108 Å². The number of amides is 2. The third-order valence-corrected chi connectivity index (χ3v) is 12.4. The molecule has 0 bridgehead atoms. The number of esters is 1. The van der Waals surface area contributed by atoms with Crippen LogP contribution in [-0.2, 0) is 14.3 Å². The molecule has 340 valence electrons. The minimum atomic E-state index is -0.925. The van der Waals surface area contributed by atoms with E-state index in [-0.39, 0.29) is 18.8 Å². The van der Waals surface area contributed by atoms with Gasteiger partial charge in [-0.2, -0.15) is 0 Å². The molecule has 5 unspecified atom stereocenters. The number of carbonyl (C=O) groups excluding carboxylic acids is 2. The smallest absolute Gasteiger partial charge is 0.407 e. The van der Waals surface area contributed by atoms with Crippen molar-refractivity contribution < 1.29 is 33.7 Å². The molecular formula is C51H84N2O7. The van der Waals surface area contributed by atoms with Crippen LogP contribution in [0, 0.1) is 37.5 Å². The van der Waals surface area contributed by atoms with Crippen LogP contribution in [0.4, 0.5) is 9.59 Å². The second-order valence-electron chi connectivity index (χ2n) is 17.4. The zero-order valence-electron chi connectivity index (χ0n) is 37.7. The summed E-state index contributed by atoms with van der Waals surface area (Å²) in [7, 11) is 0. The lowest BCUT2D eigenvalue weighted by Gasteiger charge is -2.44. The summed E-state index contributed by atoms with van der Waals surface area (Å²) in [6.45, 7) is 18.0. The third-order valence-electron chi connectivity index (χ3n) is 12.4. The lowest BCUT2D eigenvalue weighted by molar-refractivity contribution is -0.142. The van der Waals surface area contributed by atoms with E-state index in [4.69, 9.17) is 33.2 Å². The number of benzene rings is 1. The van der Waals surface area contributed by atoms with Crippen LogP contribution in [0.1, 0.15) is 187 Å². The van der Waals surface area contributed by atoms with E-state index in [1.165, 1.54) is 122 Å². The first kappa shape index (κ1) is 52.9. The van der Waals surface area contributed by atoms with Crippen molar-refractivity contribution in [2.45, 2.75) is 193 Å². The molecule has 2 amide bonds. The largest absolute Gasteiger partial charge is 0.490 e. The number of para-hydroxylation sites is 1. The van der Waals surface area contributed by atoms with Gasteiger partial charge in [0.15, 0.2) is 6.10 Å². The molecule has 2 rings (SSSR count). The fraction of sp³-hybridized carbons (Fsp3) is 0.745. The summed E-state index contributed by atoms with van der Waals surface area (Å²) >= 11 is 0. The standard InChI is InChI=1S/C51H84N2O7/c1-5-7-9-16-26-34-47-43(30-22-8-6-2)36-37-44(31-23-17-12-10-14-19-28-38-52-50(55)56)48(47)35-27-18-13-11-15-20-29-39-53-51(57)60-46(41-59-49(54)42(3)4)40-58-45-32-24-21-25-33-45/h1-2,21,24-25,32-33,43-44,46-48,52H,3,5-20,22-23,26-31,34-41H2,4H3,(H,53,57)(H,55,56). The van der Waals surface area contributed by atoms with Crippen molar-refractivity contribution in [3.05, 3.63) is 56.3 Å². The van der Waals surface area contributed by atoms with Gasteiger partial charge >= 0.3 is 18.2 Å². The van der Waals surface area contributed by atoms with Crippen LogP contribution >= 0.6 is 0 Å². The summed E-state index contributed by atoms with van der Waals surface area (Å²) < 4.78 is 16.6. The Kier molecular flexibility index (Phi) is 31.2. The molecule has 3 N–H and O–H groups in total. The van der Waals surface area contributed by atoms with Crippen LogP contribution in [0.2, 0.25) is 0 Å². The molecule has 0 aromatic heterocycles. The summed E-state index contributed by atoms with van der Waals surface area (Å²) in [6, 6.07) is 9.25. The van der Waals surface area contributed by atoms with Crippen molar-refractivity contribution in [2.75, 3.05) is 26.3 Å². The maximum atomic E-state index is 12.6. The Morgan fingerprint density at radius 3 is 1.62 bits per heavy atom. The molecule has 0 aliphatic heterocycles. The van der Waals surface area contributed by atoms with Gasteiger partial charge in [0, 0.05) is 18.7 Å². The second kappa shape index (κ2) is 35.4. The Balaban J connectivity index is 1.77. The highest BCUT2D eigenvalue weighted by molar-refractivity contribution is 5.86. The Hall–Kier alpha value is -3.23. The number of ether oxygens (including phenoxy) is 3. The van der Waals surface area contributed by atoms with Gasteiger partial charge in [0.1, 0.15) is 19.0 Å². The normalized spacial score (nSPS) is 18.1. The molecule has 1 aromatic carbocycles. The molecule has 9 heteroatoms. The van der Waals surface area contributed by atoms with Gasteiger partial charge in [0.25, 0.3) is 0 Å². The Labute approximate surface area is 366 Å². The number of rotatable bonds is 37. The summed E-state index contributed by atoms with van der Waals surface area (Å²) in [5.41, 5.74) is 0.282. The van der Waals surface area contributed by atoms with Crippen LogP contribution in [0.25, 0.3) is 0 Å². The van der Waals surface area contributed by atoms with Crippen molar-refractivity contribution in [1.82, 2.24) is 10.6 Å². The second-order valence-corrected chi connectivity index (χ2v) is 17.4. The first-order valence-electron chi connectivity index (χ1n) is 24.1. The maximum absolute atomic E-state index is 12.6. The Morgan fingerprint density at radius 1 is 0.650 bits per heavy atom. The van der Waals surface area contributed by atoms with Gasteiger partial charge in [0.05, 0.1) is 0 Å². The summed E-state index contributed by atoms with van der Waals surface area (Å²) in [5.74, 6) is 3.49. The van der Waals surface area contributed by atoms with Crippen molar-refractivity contribution in [2.24, 2.45) is 23.7 Å². The number of carboxylic acid groups (broad SMARTS) is 1. The number of nitrogens with one attached hydrogen (secondary N) is 2. The van der Waals surface area contributed by atoms with E-state index in [9.17, 15) is 14.4 Å². The SMILES string of the molecule is [CH]CCCCCCC1C(CCCC[CH])CCC(CCCCCCCCCNC(=O)O)C1CCCCCCCCCNC(=O)OC(COC(=O)C(=C)C)COc1ccccc1. The molecule has 1 aromatic rings. The Morgan fingerprint density at radius 2 is 1.10 bits per heavy atom. The summed E-state index contributed by atoms with van der Waals surface area (Å²) in [6.07, 6.45) is 31.7. The molecule has 1 aliphatic rings. The van der Waals surface area contributed by atoms with E-state index in [1.54, 1.807) is 6.92 Å². The van der Waals surface area contributed by atoms with Gasteiger partial charge in [-0.25, -0.2) is 14.4 Å². The van der Waals surface area contributed by atoms with Crippen molar-refractivity contribution in [3.8, 4) is 5.75 Å². The average Bonchev–Trinajstić information content (AvgIpc) is 3.24. The lowest BCUT2D eigenvalue weighted by atomic mass is 9.61. The quantitative estimate of drug-likeness (QED) is 0.0346. The zero-order chi connectivity index (χ0) is 43.5. The number of alkyl carbamates (subject to hydrolysis) is 1. The Bertz CT molecular complexity index is 1240. The lowest BCUT2D eigenvalue weighted by Crippen LogP contribution is -2.36. The molecular weight excluding hydrogens is 753 g/mol. The average molecular weight is 837 g/mol. The van der Waals surface area contributed by atoms with E-state index in [2.05, 4.69) is 17.2 Å². The topological polar surface area (TPSA) is 123 Å². The summed E-state index contributed by atoms with van der Waals surface area (Å²) in [4.78, 5) is 35.2. The number of hydrogen-bond donors (Lipinski definition) is 3. The monoisotopic (exact) mass is 837 g/mol. The predicted molar refractivity (Wildman–Crippen MR) is 244 cm³/mol. The highest BCUT2D eigenvalue weighted by atomic mass is 16.6. The molecule has 1 aliphatic carbocycles. The van der Waals surface area contributed by atoms with Crippen LogP contribution in [0.15, 0.2) is 42.5 Å². The predicted octanol–water partition coefficient (Wildman–Crippen LogP) is 13.4. The van der Waals surface area contributed by atoms with Crippen LogP contribution in [0.5, 0.6) is 5.75 Å². The van der Waals surface area contributed by atoms with Crippen molar-refractivity contribution >= 4 is 18.2 Å². The molecule has 5 atom stereocenters. The van der Waals surface area contributed by atoms with Gasteiger partial charge in [-0.1, -0.05) is 153 Å². The van der Waals surface area contributed by atoms with Gasteiger partial charge in [-0.3, -0.25) is 0 Å². The molecule has 0 heterocycles. The number of hydrogen-bond acceptors (Lipinski definition) is 6. The van der Waals surface area contributed by atoms with E-state index in [0.29, 0.717) is 18.8 Å². The van der Waals surface area contributed by atoms with Gasteiger partial charge < -0.3 is 30.0 Å². The van der Waals surface area contributed by atoms with Gasteiger partial charge in [-0.15, -0.1) is 0 Å². The van der Waals surface area contributed by atoms with Crippen molar-refractivity contribution in [1.29, 1.82) is 0 Å². The fourth-order valence-corrected chi connectivity index (χ4v) is 9.10. The van der Waals surface area contributed by atoms with Crippen LogP contribution in [0.3, 0.4) is 0 Å². The van der Waals surface area contributed by atoms with Crippen LogP contribution < -0.4 is 15.4 Å². The molecule has 4 radical (unpaired) electrons. The third kappa shape index (κ3) is 26.2. The zero-order valence-corrected chi connectivity index (χ0v) is 37.7. The van der Waals surface area contributed by atoms with E-state index in [0.717, 1.165) is 81.5 Å². The summed E-state index contributed by atoms with van der Waals surface area (Å²) in [5, 5.41) is 14.1. The minimum absolute atomic E-state index is 0.0625. The number of carbonyl (C=O) groups is 3. The molecule has 0 spiro atoms. The minimum Gasteiger partial charge on any atom is -0.490 e. The van der Waals surface area contributed by atoms with Crippen LogP contribution in [-0.4, -0.2) is 55.7 Å². The van der Waals surface area contributed by atoms with E-state index in [1.807, 2.05) is 30.3 Å². The van der Waals surface area contributed by atoms with Gasteiger partial charge in [0.2, 0.25) is 0 Å². The van der Waals surface area contributed by atoms with E-state index >= 15 is 0 Å². The first-order chi connectivity index (χ1) is 29.2. The molecule has 0 saturated heterocycles. The molecule has 1 saturated carbocycles. The van der Waals surface area contributed by atoms with E-state index < -0.39 is 24.3 Å². The maximum Gasteiger partial charge on any atom is 0.407 e. The molecule has 1 fully saturated rings. The highest BCUT2D eigenvalue weighted by Crippen LogP contribution is 2.47.